The Labute approximate surface area is 106 Å². The standard InChI is InChI=1S/C10H14FN3O5/c11-4-10(18)7(16)5(3-15)19-8(10)14-2-1-6(12)13-9(14)17/h1-2,5,7-8,15-16,18H,3-4H2,(H2,12,13,17)/t5-,7-,8-,10-/m1/s1. The highest BCUT2D eigenvalue weighted by Gasteiger charge is 2.56. The molecule has 2 heterocycles. The van der Waals surface area contributed by atoms with Gasteiger partial charge in [-0.05, 0) is 6.07 Å². The second-order valence-electron chi connectivity index (χ2n) is 4.32. The number of rotatable bonds is 3. The molecule has 5 N–H and O–H groups in total. The van der Waals surface area contributed by atoms with Crippen molar-refractivity contribution in [1.29, 1.82) is 0 Å². The van der Waals surface area contributed by atoms with Crippen LogP contribution in [-0.2, 0) is 4.74 Å². The third-order valence-corrected chi connectivity index (χ3v) is 3.09. The first kappa shape index (κ1) is 13.9. The van der Waals surface area contributed by atoms with Crippen molar-refractivity contribution in [2.24, 2.45) is 0 Å². The monoisotopic (exact) mass is 275 g/mol. The van der Waals surface area contributed by atoms with Crippen molar-refractivity contribution in [1.82, 2.24) is 9.55 Å². The van der Waals surface area contributed by atoms with Gasteiger partial charge in [0.05, 0.1) is 6.61 Å². The number of ether oxygens (including phenoxy) is 1. The Kier molecular flexibility index (Phi) is 3.54. The molecule has 4 atom stereocenters. The molecule has 0 amide bonds. The Morgan fingerprint density at radius 2 is 2.32 bits per heavy atom. The van der Waals surface area contributed by atoms with Crippen molar-refractivity contribution in [3.8, 4) is 0 Å². The Morgan fingerprint density at radius 3 is 2.84 bits per heavy atom. The van der Waals surface area contributed by atoms with Crippen molar-refractivity contribution in [3.05, 3.63) is 22.7 Å². The Morgan fingerprint density at radius 1 is 1.63 bits per heavy atom. The largest absolute Gasteiger partial charge is 0.394 e. The summed E-state index contributed by atoms with van der Waals surface area (Å²) in [5.74, 6) is -0.0395. The van der Waals surface area contributed by atoms with Gasteiger partial charge >= 0.3 is 5.69 Å². The van der Waals surface area contributed by atoms with Gasteiger partial charge in [-0.2, -0.15) is 4.98 Å². The molecule has 1 aliphatic rings. The van der Waals surface area contributed by atoms with E-state index in [1.807, 2.05) is 0 Å². The molecule has 2 rings (SSSR count). The highest BCUT2D eigenvalue weighted by Crippen LogP contribution is 2.37. The van der Waals surface area contributed by atoms with E-state index in [0.29, 0.717) is 0 Å². The lowest BCUT2D eigenvalue weighted by molar-refractivity contribution is -0.121. The van der Waals surface area contributed by atoms with Gasteiger partial charge in [0.25, 0.3) is 0 Å². The number of anilines is 1. The third-order valence-electron chi connectivity index (χ3n) is 3.09. The molecule has 8 nitrogen and oxygen atoms in total. The molecule has 9 heteroatoms. The molecular weight excluding hydrogens is 261 g/mol. The molecule has 0 spiro atoms. The van der Waals surface area contributed by atoms with E-state index in [1.54, 1.807) is 0 Å². The number of nitrogens with two attached hydrogens (primary N) is 1. The Hall–Kier alpha value is -1.55. The van der Waals surface area contributed by atoms with Crippen LogP contribution < -0.4 is 11.4 Å². The zero-order valence-electron chi connectivity index (χ0n) is 9.81. The van der Waals surface area contributed by atoms with Crippen LogP contribution in [0.15, 0.2) is 17.1 Å². The minimum absolute atomic E-state index is 0.0395. The summed E-state index contributed by atoms with van der Waals surface area (Å²) in [5.41, 5.74) is 2.12. The molecule has 1 aromatic heterocycles. The lowest BCUT2D eigenvalue weighted by Gasteiger charge is -2.28. The number of halogens is 1. The fourth-order valence-electron chi connectivity index (χ4n) is 2.02. The SMILES string of the molecule is Nc1ccn([C@@H]2O[C@H](CO)[C@@H](O)[C@]2(O)CF)c(=O)n1. The molecule has 0 aliphatic carbocycles. The van der Waals surface area contributed by atoms with E-state index in [4.69, 9.17) is 15.6 Å². The maximum absolute atomic E-state index is 13.1. The zero-order valence-corrected chi connectivity index (χ0v) is 9.81. The smallest absolute Gasteiger partial charge is 0.351 e. The Balaban J connectivity index is 2.45. The summed E-state index contributed by atoms with van der Waals surface area (Å²) >= 11 is 0. The van der Waals surface area contributed by atoms with Crippen molar-refractivity contribution >= 4 is 5.82 Å². The molecule has 1 aromatic rings. The lowest BCUT2D eigenvalue weighted by Crippen LogP contribution is -2.50. The molecule has 1 aliphatic heterocycles. The molecule has 19 heavy (non-hydrogen) atoms. The van der Waals surface area contributed by atoms with Crippen molar-refractivity contribution in [2.45, 2.75) is 24.0 Å². The molecule has 0 unspecified atom stereocenters. The highest BCUT2D eigenvalue weighted by molar-refractivity contribution is 5.24. The fraction of sp³-hybridized carbons (Fsp3) is 0.600. The van der Waals surface area contributed by atoms with Crippen LogP contribution >= 0.6 is 0 Å². The van der Waals surface area contributed by atoms with E-state index in [-0.39, 0.29) is 5.82 Å². The number of nitrogen functional groups attached to an aromatic ring is 1. The van der Waals surface area contributed by atoms with Crippen LogP contribution in [0.2, 0.25) is 0 Å². The van der Waals surface area contributed by atoms with Crippen LogP contribution in [0.4, 0.5) is 10.2 Å². The van der Waals surface area contributed by atoms with Gasteiger partial charge in [-0.3, -0.25) is 4.57 Å². The van der Waals surface area contributed by atoms with Gasteiger partial charge in [-0.25, -0.2) is 9.18 Å². The normalized spacial score (nSPS) is 34.6. The van der Waals surface area contributed by atoms with Crippen LogP contribution in [0.5, 0.6) is 0 Å². The lowest BCUT2D eigenvalue weighted by atomic mass is 9.95. The quantitative estimate of drug-likeness (QED) is 0.491. The number of aliphatic hydroxyl groups excluding tert-OH is 2. The number of hydrogen-bond acceptors (Lipinski definition) is 7. The van der Waals surface area contributed by atoms with Gasteiger partial charge in [0.1, 0.15) is 24.7 Å². The minimum atomic E-state index is -2.34. The van der Waals surface area contributed by atoms with Crippen molar-refractivity contribution < 1.29 is 24.4 Å². The van der Waals surface area contributed by atoms with Gasteiger partial charge in [-0.1, -0.05) is 0 Å². The molecule has 1 saturated heterocycles. The van der Waals surface area contributed by atoms with Crippen LogP contribution in [0.25, 0.3) is 0 Å². The van der Waals surface area contributed by atoms with Crippen molar-refractivity contribution in [3.63, 3.8) is 0 Å². The number of alkyl halides is 1. The summed E-state index contributed by atoms with van der Waals surface area (Å²) in [4.78, 5) is 15.1. The summed E-state index contributed by atoms with van der Waals surface area (Å²) in [5, 5.41) is 28.8. The first-order valence-corrected chi connectivity index (χ1v) is 5.51. The second kappa shape index (κ2) is 4.85. The molecule has 106 valence electrons. The van der Waals surface area contributed by atoms with Crippen LogP contribution in [0.3, 0.4) is 0 Å². The van der Waals surface area contributed by atoms with E-state index < -0.39 is 43.0 Å². The molecule has 0 radical (unpaired) electrons. The Bertz CT molecular complexity index is 524. The predicted octanol–water partition coefficient (Wildman–Crippen LogP) is -2.22. The molecule has 1 fully saturated rings. The summed E-state index contributed by atoms with van der Waals surface area (Å²) in [6, 6.07) is 1.27. The number of nitrogens with zero attached hydrogens (tertiary/aromatic N) is 2. The van der Waals surface area contributed by atoms with Crippen LogP contribution in [-0.4, -0.2) is 56.0 Å². The minimum Gasteiger partial charge on any atom is -0.394 e. The van der Waals surface area contributed by atoms with E-state index >= 15 is 0 Å². The van der Waals surface area contributed by atoms with E-state index in [2.05, 4.69) is 4.98 Å². The maximum Gasteiger partial charge on any atom is 0.351 e. The van der Waals surface area contributed by atoms with E-state index in [9.17, 15) is 19.4 Å². The maximum atomic E-state index is 13.1. The van der Waals surface area contributed by atoms with Crippen LogP contribution in [0.1, 0.15) is 6.23 Å². The highest BCUT2D eigenvalue weighted by atomic mass is 19.1. The summed E-state index contributed by atoms with van der Waals surface area (Å²) in [6.07, 6.45) is -3.19. The molecular formula is C10H14FN3O5. The van der Waals surface area contributed by atoms with E-state index in [0.717, 1.165) is 4.57 Å². The van der Waals surface area contributed by atoms with Gasteiger partial charge in [0, 0.05) is 6.20 Å². The van der Waals surface area contributed by atoms with Gasteiger partial charge < -0.3 is 25.8 Å². The number of aliphatic hydroxyl groups is 3. The van der Waals surface area contributed by atoms with Crippen molar-refractivity contribution in [2.75, 3.05) is 19.0 Å². The average Bonchev–Trinajstić information content (AvgIpc) is 2.63. The summed E-state index contributed by atoms with van der Waals surface area (Å²) < 4.78 is 19.0. The topological polar surface area (TPSA) is 131 Å². The van der Waals surface area contributed by atoms with Gasteiger partial charge in [0.15, 0.2) is 11.8 Å². The van der Waals surface area contributed by atoms with Crippen LogP contribution in [0, 0.1) is 0 Å². The molecule has 0 saturated carbocycles. The fourth-order valence-corrected chi connectivity index (χ4v) is 2.02. The zero-order chi connectivity index (χ0) is 14.2. The first-order valence-electron chi connectivity index (χ1n) is 5.51. The number of aromatic nitrogens is 2. The first-order chi connectivity index (χ1) is 8.93. The van der Waals surface area contributed by atoms with E-state index in [1.165, 1.54) is 12.3 Å². The predicted molar refractivity (Wildman–Crippen MR) is 60.8 cm³/mol. The molecule has 0 bridgehead atoms. The third kappa shape index (κ3) is 2.10. The molecule has 0 aromatic carbocycles. The second-order valence-corrected chi connectivity index (χ2v) is 4.32. The summed E-state index contributed by atoms with van der Waals surface area (Å²) in [6.45, 7) is -1.98. The van der Waals surface area contributed by atoms with Gasteiger partial charge in [0.2, 0.25) is 0 Å². The summed E-state index contributed by atoms with van der Waals surface area (Å²) in [7, 11) is 0. The van der Waals surface area contributed by atoms with Gasteiger partial charge in [-0.15, -0.1) is 0 Å². The number of hydrogen-bond donors (Lipinski definition) is 4. The average molecular weight is 275 g/mol.